The lowest BCUT2D eigenvalue weighted by atomic mass is 10.1. The third kappa shape index (κ3) is 3.33. The molecule has 1 unspecified atom stereocenters. The molecule has 1 aromatic carbocycles. The van der Waals surface area contributed by atoms with Gasteiger partial charge in [0.05, 0.1) is 0 Å². The summed E-state index contributed by atoms with van der Waals surface area (Å²) in [5.41, 5.74) is 2.01. The van der Waals surface area contributed by atoms with Crippen LogP contribution in [0, 0.1) is 6.92 Å². The van der Waals surface area contributed by atoms with Gasteiger partial charge >= 0.3 is 0 Å². The first-order valence-corrected chi connectivity index (χ1v) is 7.12. The van der Waals surface area contributed by atoms with E-state index in [1.807, 2.05) is 25.1 Å². The lowest BCUT2D eigenvalue weighted by Gasteiger charge is -2.18. The summed E-state index contributed by atoms with van der Waals surface area (Å²) in [5.74, 6) is 0.107. The largest absolute Gasteiger partial charge is 0.326 e. The van der Waals surface area contributed by atoms with Crippen molar-refractivity contribution in [2.75, 3.05) is 18.9 Å². The Labute approximate surface area is 117 Å². The van der Waals surface area contributed by atoms with Crippen LogP contribution in [-0.4, -0.2) is 30.4 Å². The molecular formula is C14H19BrN2O. The lowest BCUT2D eigenvalue weighted by molar-refractivity contribution is -0.117. The first-order chi connectivity index (χ1) is 8.56. The summed E-state index contributed by atoms with van der Waals surface area (Å²) < 4.78 is 1.07. The molecule has 1 aromatic rings. The van der Waals surface area contributed by atoms with Gasteiger partial charge in [-0.25, -0.2) is 0 Å². The second-order valence-corrected chi connectivity index (χ2v) is 5.85. The van der Waals surface area contributed by atoms with Crippen LogP contribution in [0.3, 0.4) is 0 Å². The number of carbonyl (C=O) groups is 1. The molecule has 0 aromatic heterocycles. The Morgan fingerprint density at radius 1 is 1.56 bits per heavy atom. The van der Waals surface area contributed by atoms with E-state index < -0.39 is 0 Å². The van der Waals surface area contributed by atoms with Gasteiger partial charge in [0, 0.05) is 22.6 Å². The fraction of sp³-hybridized carbons (Fsp3) is 0.500. The molecule has 0 aliphatic carbocycles. The second kappa shape index (κ2) is 5.85. The molecule has 1 aliphatic heterocycles. The molecule has 1 aliphatic rings. The summed E-state index contributed by atoms with van der Waals surface area (Å²) in [6.07, 6.45) is 2.92. The minimum Gasteiger partial charge on any atom is -0.326 e. The van der Waals surface area contributed by atoms with Crippen molar-refractivity contribution in [2.45, 2.75) is 32.2 Å². The van der Waals surface area contributed by atoms with E-state index in [0.717, 1.165) is 28.7 Å². The topological polar surface area (TPSA) is 32.3 Å². The zero-order valence-corrected chi connectivity index (χ0v) is 12.5. The zero-order valence-electron chi connectivity index (χ0n) is 10.9. The van der Waals surface area contributed by atoms with Gasteiger partial charge in [-0.3, -0.25) is 4.79 Å². The Bertz CT molecular complexity index is 447. The maximum atomic E-state index is 12.0. The number of hydrogen-bond acceptors (Lipinski definition) is 2. The minimum atomic E-state index is 0.107. The Morgan fingerprint density at radius 3 is 2.94 bits per heavy atom. The summed E-state index contributed by atoms with van der Waals surface area (Å²) in [4.78, 5) is 14.2. The molecule has 0 saturated carbocycles. The van der Waals surface area contributed by atoms with Crippen molar-refractivity contribution in [1.82, 2.24) is 4.90 Å². The summed E-state index contributed by atoms with van der Waals surface area (Å²) in [5, 5.41) is 2.97. The molecule has 18 heavy (non-hydrogen) atoms. The van der Waals surface area contributed by atoms with Crippen LogP contribution in [0.4, 0.5) is 5.69 Å². The van der Waals surface area contributed by atoms with E-state index in [-0.39, 0.29) is 5.91 Å². The predicted octanol–water partition coefficient (Wildman–Crippen LogP) is 3.18. The minimum absolute atomic E-state index is 0.107. The fourth-order valence-corrected chi connectivity index (χ4v) is 2.63. The lowest BCUT2D eigenvalue weighted by Crippen LogP contribution is -2.29. The summed E-state index contributed by atoms with van der Waals surface area (Å²) in [6.45, 7) is 3.12. The van der Waals surface area contributed by atoms with Crippen LogP contribution < -0.4 is 5.32 Å². The average molecular weight is 311 g/mol. The van der Waals surface area contributed by atoms with Crippen LogP contribution in [0.15, 0.2) is 22.7 Å². The number of anilines is 1. The average Bonchev–Trinajstić information content (AvgIpc) is 2.70. The smallest absolute Gasteiger partial charge is 0.225 e. The molecular weight excluding hydrogens is 292 g/mol. The third-order valence-corrected chi connectivity index (χ3v) is 4.42. The van der Waals surface area contributed by atoms with Crippen LogP contribution in [0.1, 0.15) is 24.8 Å². The van der Waals surface area contributed by atoms with E-state index in [9.17, 15) is 4.79 Å². The predicted molar refractivity (Wildman–Crippen MR) is 77.8 cm³/mol. The SMILES string of the molecule is Cc1cc(NC(=O)CC2CCCN2C)ccc1Br. The number of nitrogens with zero attached hydrogens (tertiary/aromatic N) is 1. The standard InChI is InChI=1S/C14H19BrN2O/c1-10-8-11(5-6-13(10)15)16-14(18)9-12-4-3-7-17(12)2/h5-6,8,12H,3-4,7,9H2,1-2H3,(H,16,18). The van der Waals surface area contributed by atoms with Gasteiger partial charge in [0.1, 0.15) is 0 Å². The molecule has 0 spiro atoms. The van der Waals surface area contributed by atoms with Crippen molar-refractivity contribution in [3.63, 3.8) is 0 Å². The molecule has 1 saturated heterocycles. The quantitative estimate of drug-likeness (QED) is 0.930. The molecule has 4 heteroatoms. The molecule has 3 nitrogen and oxygen atoms in total. The van der Waals surface area contributed by atoms with Gasteiger partial charge in [-0.15, -0.1) is 0 Å². The van der Waals surface area contributed by atoms with Crippen LogP contribution in [0.25, 0.3) is 0 Å². The highest BCUT2D eigenvalue weighted by molar-refractivity contribution is 9.10. The van der Waals surface area contributed by atoms with E-state index >= 15 is 0 Å². The maximum absolute atomic E-state index is 12.0. The number of amides is 1. The fourth-order valence-electron chi connectivity index (χ4n) is 2.39. The highest BCUT2D eigenvalue weighted by atomic mass is 79.9. The summed E-state index contributed by atoms with van der Waals surface area (Å²) >= 11 is 3.46. The molecule has 0 bridgehead atoms. The van der Waals surface area contributed by atoms with Gasteiger partial charge < -0.3 is 10.2 Å². The van der Waals surface area contributed by atoms with E-state index in [4.69, 9.17) is 0 Å². The number of nitrogens with one attached hydrogen (secondary N) is 1. The van der Waals surface area contributed by atoms with Crippen molar-refractivity contribution < 1.29 is 4.79 Å². The monoisotopic (exact) mass is 310 g/mol. The van der Waals surface area contributed by atoms with Gasteiger partial charge in [0.15, 0.2) is 0 Å². The second-order valence-electron chi connectivity index (χ2n) is 4.99. The van der Waals surface area contributed by atoms with Crippen LogP contribution in [0.5, 0.6) is 0 Å². The first-order valence-electron chi connectivity index (χ1n) is 6.32. The highest BCUT2D eigenvalue weighted by Crippen LogP contribution is 2.21. The van der Waals surface area contributed by atoms with Gasteiger partial charge in [-0.2, -0.15) is 0 Å². The number of hydrogen-bond donors (Lipinski definition) is 1. The molecule has 1 atom stereocenters. The van der Waals surface area contributed by atoms with E-state index in [0.29, 0.717) is 12.5 Å². The maximum Gasteiger partial charge on any atom is 0.225 e. The van der Waals surface area contributed by atoms with Crippen molar-refractivity contribution in [3.05, 3.63) is 28.2 Å². The molecule has 0 radical (unpaired) electrons. The van der Waals surface area contributed by atoms with E-state index in [2.05, 4.69) is 33.2 Å². The molecule has 2 rings (SSSR count). The number of likely N-dealkylation sites (tertiary alicyclic amines) is 1. The molecule has 1 amide bonds. The highest BCUT2D eigenvalue weighted by Gasteiger charge is 2.23. The summed E-state index contributed by atoms with van der Waals surface area (Å²) in [6, 6.07) is 6.28. The van der Waals surface area contributed by atoms with E-state index in [1.54, 1.807) is 0 Å². The Balaban J connectivity index is 1.92. The molecule has 98 valence electrons. The zero-order chi connectivity index (χ0) is 13.1. The van der Waals surface area contributed by atoms with Gasteiger partial charge in [-0.05, 0) is 57.1 Å². The number of aryl methyl sites for hydroxylation is 1. The van der Waals surface area contributed by atoms with Gasteiger partial charge in [-0.1, -0.05) is 15.9 Å². The van der Waals surface area contributed by atoms with Crippen LogP contribution in [-0.2, 0) is 4.79 Å². The molecule has 1 fully saturated rings. The number of benzene rings is 1. The number of carbonyl (C=O) groups excluding carboxylic acids is 1. The van der Waals surface area contributed by atoms with Gasteiger partial charge in [0.25, 0.3) is 0 Å². The molecule has 1 heterocycles. The van der Waals surface area contributed by atoms with Crippen molar-refractivity contribution >= 4 is 27.5 Å². The van der Waals surface area contributed by atoms with Crippen molar-refractivity contribution in [2.24, 2.45) is 0 Å². The third-order valence-electron chi connectivity index (χ3n) is 3.53. The number of halogens is 1. The van der Waals surface area contributed by atoms with Crippen molar-refractivity contribution in [1.29, 1.82) is 0 Å². The Hall–Kier alpha value is -0.870. The Morgan fingerprint density at radius 2 is 2.33 bits per heavy atom. The van der Waals surface area contributed by atoms with Gasteiger partial charge in [0.2, 0.25) is 5.91 Å². The molecule has 1 N–H and O–H groups in total. The van der Waals surface area contributed by atoms with Crippen molar-refractivity contribution in [3.8, 4) is 0 Å². The number of rotatable bonds is 3. The van der Waals surface area contributed by atoms with Crippen LogP contribution >= 0.6 is 15.9 Å². The first kappa shape index (κ1) is 13.6. The van der Waals surface area contributed by atoms with E-state index in [1.165, 1.54) is 6.42 Å². The normalized spacial score (nSPS) is 20.1. The summed E-state index contributed by atoms with van der Waals surface area (Å²) in [7, 11) is 2.09. The van der Waals surface area contributed by atoms with Crippen LogP contribution in [0.2, 0.25) is 0 Å². The Kier molecular flexibility index (Phi) is 4.40.